The Bertz CT molecular complexity index is 1420. The van der Waals surface area contributed by atoms with Gasteiger partial charge in [0.05, 0.1) is 12.6 Å². The third kappa shape index (κ3) is 3.79. The number of hydrogen-bond donors (Lipinski definition) is 1. The first-order valence-electron chi connectivity index (χ1n) is 11.7. The summed E-state index contributed by atoms with van der Waals surface area (Å²) in [7, 11) is 1.82. The molecular formula is C22H25N11O3. The van der Waals surface area contributed by atoms with Gasteiger partial charge in [0.1, 0.15) is 11.7 Å². The molecular weight excluding hydrogens is 466 g/mol. The predicted octanol–water partition coefficient (Wildman–Crippen LogP) is 0.0484. The molecule has 6 heterocycles. The highest BCUT2D eigenvalue weighted by Gasteiger charge is 2.37. The summed E-state index contributed by atoms with van der Waals surface area (Å²) in [6.45, 7) is 2.46. The summed E-state index contributed by atoms with van der Waals surface area (Å²) in [5, 5.41) is 4.32. The maximum Gasteiger partial charge on any atom is 0.274 e. The Morgan fingerprint density at radius 3 is 2.61 bits per heavy atom. The normalized spacial score (nSPS) is 18.4. The fraction of sp³-hybridized carbons (Fsp3) is 0.409. The highest BCUT2D eigenvalue weighted by atomic mass is 16.3. The third-order valence-electron chi connectivity index (χ3n) is 6.56. The van der Waals surface area contributed by atoms with E-state index in [2.05, 4.69) is 25.0 Å². The van der Waals surface area contributed by atoms with Crippen LogP contribution in [0, 0.1) is 0 Å². The molecule has 2 aliphatic rings. The van der Waals surface area contributed by atoms with Crippen LogP contribution in [0.5, 0.6) is 0 Å². The lowest BCUT2D eigenvalue weighted by molar-refractivity contribution is -0.133. The van der Waals surface area contributed by atoms with Crippen molar-refractivity contribution < 1.29 is 14.0 Å². The minimum Gasteiger partial charge on any atom is -0.461 e. The number of fused-ring (bicyclic) bond motifs is 1. The van der Waals surface area contributed by atoms with Gasteiger partial charge in [0.2, 0.25) is 23.6 Å². The largest absolute Gasteiger partial charge is 0.461 e. The fourth-order valence-corrected chi connectivity index (χ4v) is 4.72. The van der Waals surface area contributed by atoms with Gasteiger partial charge in [-0.3, -0.25) is 9.59 Å². The van der Waals surface area contributed by atoms with Gasteiger partial charge in [-0.05, 0) is 25.0 Å². The number of piperazine rings is 1. The van der Waals surface area contributed by atoms with Crippen LogP contribution in [-0.2, 0) is 11.8 Å². The van der Waals surface area contributed by atoms with Gasteiger partial charge in [-0.25, -0.2) is 4.98 Å². The van der Waals surface area contributed by atoms with E-state index < -0.39 is 6.04 Å². The number of rotatable bonds is 4. The standard InChI is InChI=1S/C22H25N11O3/c1-29-12-14(24-13-29)18(34)30-7-9-31(10-8-30)19(35)15-4-2-6-32(15)21-26-20(23)33-22(27-21)25-17(28-33)16-5-3-11-36-16/h3,5,11-13,15H,2,4,6-10H2,1H3,(H2,23,25,26,27,28)/t15-/m0/s1. The van der Waals surface area contributed by atoms with Crippen molar-refractivity contribution >= 4 is 29.5 Å². The van der Waals surface area contributed by atoms with E-state index in [4.69, 9.17) is 10.2 Å². The zero-order chi connectivity index (χ0) is 24.8. The number of nitrogens with two attached hydrogens (primary N) is 1. The number of amides is 2. The molecule has 2 aliphatic heterocycles. The van der Waals surface area contributed by atoms with Gasteiger partial charge in [0.15, 0.2) is 5.76 Å². The third-order valence-corrected chi connectivity index (χ3v) is 6.56. The van der Waals surface area contributed by atoms with Gasteiger partial charge < -0.3 is 29.4 Å². The first-order chi connectivity index (χ1) is 17.5. The monoisotopic (exact) mass is 491 g/mol. The van der Waals surface area contributed by atoms with E-state index in [-0.39, 0.29) is 23.5 Å². The fourth-order valence-electron chi connectivity index (χ4n) is 4.72. The number of nitrogen functional groups attached to an aromatic ring is 1. The first kappa shape index (κ1) is 22.0. The van der Waals surface area contributed by atoms with Crippen molar-refractivity contribution in [2.45, 2.75) is 18.9 Å². The number of furan rings is 1. The van der Waals surface area contributed by atoms with Gasteiger partial charge in [0.25, 0.3) is 11.7 Å². The van der Waals surface area contributed by atoms with Gasteiger partial charge in [-0.2, -0.15) is 19.5 Å². The van der Waals surface area contributed by atoms with Gasteiger partial charge in [0, 0.05) is 46.0 Å². The summed E-state index contributed by atoms with van der Waals surface area (Å²) in [6, 6.07) is 3.09. The van der Waals surface area contributed by atoms with E-state index in [1.165, 1.54) is 10.8 Å². The Morgan fingerprint density at radius 1 is 1.08 bits per heavy atom. The van der Waals surface area contributed by atoms with Crippen LogP contribution in [0.3, 0.4) is 0 Å². The van der Waals surface area contributed by atoms with Crippen molar-refractivity contribution in [3.8, 4) is 11.6 Å². The van der Waals surface area contributed by atoms with Crippen molar-refractivity contribution in [3.63, 3.8) is 0 Å². The summed E-state index contributed by atoms with van der Waals surface area (Å²) >= 11 is 0. The lowest BCUT2D eigenvalue weighted by Gasteiger charge is -2.37. The molecule has 0 aromatic carbocycles. The number of carbonyl (C=O) groups excluding carboxylic acids is 2. The zero-order valence-electron chi connectivity index (χ0n) is 19.7. The molecule has 186 valence electrons. The molecule has 2 amide bonds. The van der Waals surface area contributed by atoms with Crippen LogP contribution in [0.15, 0.2) is 35.3 Å². The van der Waals surface area contributed by atoms with Gasteiger partial charge in [-0.1, -0.05) is 0 Å². The Morgan fingerprint density at radius 2 is 1.89 bits per heavy atom. The number of hydrogen-bond acceptors (Lipinski definition) is 10. The van der Waals surface area contributed by atoms with E-state index in [0.717, 1.165) is 6.42 Å². The Hall–Kier alpha value is -4.49. The van der Waals surface area contributed by atoms with Gasteiger partial charge in [-0.15, -0.1) is 5.10 Å². The number of imidazole rings is 1. The minimum atomic E-state index is -0.405. The van der Waals surface area contributed by atoms with E-state index in [1.807, 2.05) is 11.9 Å². The molecule has 0 aliphatic carbocycles. The quantitative estimate of drug-likeness (QED) is 0.413. The molecule has 2 N–H and O–H groups in total. The summed E-state index contributed by atoms with van der Waals surface area (Å²) in [5.41, 5.74) is 6.57. The topological polar surface area (TPSA) is 157 Å². The summed E-state index contributed by atoms with van der Waals surface area (Å²) < 4.78 is 8.46. The Kier molecular flexibility index (Phi) is 5.27. The van der Waals surface area contributed by atoms with Crippen LogP contribution >= 0.6 is 0 Å². The highest BCUT2D eigenvalue weighted by Crippen LogP contribution is 2.26. The molecule has 0 bridgehead atoms. The van der Waals surface area contributed by atoms with Crippen molar-refractivity contribution in [2.24, 2.45) is 7.05 Å². The van der Waals surface area contributed by atoms with Crippen molar-refractivity contribution in [1.82, 2.24) is 43.9 Å². The summed E-state index contributed by atoms with van der Waals surface area (Å²) in [5.74, 6) is 1.48. The average Bonchev–Trinajstić information content (AvgIpc) is 3.69. The number of aryl methyl sites for hydroxylation is 1. The Balaban J connectivity index is 1.17. The maximum absolute atomic E-state index is 13.5. The van der Waals surface area contributed by atoms with E-state index >= 15 is 0 Å². The molecule has 36 heavy (non-hydrogen) atoms. The SMILES string of the molecule is Cn1cnc(C(=O)N2CCN(C(=O)[C@@H]3CCCN3c3nc(N)n4nc(-c5ccco5)nc4n3)CC2)c1. The van der Waals surface area contributed by atoms with Crippen molar-refractivity contribution in [1.29, 1.82) is 0 Å². The first-order valence-corrected chi connectivity index (χ1v) is 11.7. The van der Waals surface area contributed by atoms with Crippen molar-refractivity contribution in [2.75, 3.05) is 43.4 Å². The van der Waals surface area contributed by atoms with Crippen LogP contribution in [0.2, 0.25) is 0 Å². The van der Waals surface area contributed by atoms with Crippen LogP contribution in [0.25, 0.3) is 17.4 Å². The smallest absolute Gasteiger partial charge is 0.274 e. The second-order valence-electron chi connectivity index (χ2n) is 8.90. The van der Waals surface area contributed by atoms with Gasteiger partial charge >= 0.3 is 0 Å². The predicted molar refractivity (Wildman–Crippen MR) is 127 cm³/mol. The lowest BCUT2D eigenvalue weighted by Crippen LogP contribution is -2.55. The number of aromatic nitrogens is 7. The molecule has 1 atom stereocenters. The Labute approximate surface area is 205 Å². The second kappa shape index (κ2) is 8.62. The highest BCUT2D eigenvalue weighted by molar-refractivity contribution is 5.92. The summed E-state index contributed by atoms with van der Waals surface area (Å²) in [4.78, 5) is 49.1. The van der Waals surface area contributed by atoms with Crippen LogP contribution in [0.4, 0.5) is 11.9 Å². The number of carbonyl (C=O) groups is 2. The lowest BCUT2D eigenvalue weighted by atomic mass is 10.1. The molecule has 4 aromatic heterocycles. The number of nitrogens with zero attached hydrogens (tertiary/aromatic N) is 10. The molecule has 14 heteroatoms. The molecule has 0 spiro atoms. The van der Waals surface area contributed by atoms with Crippen LogP contribution in [-0.4, -0.2) is 94.5 Å². The molecule has 14 nitrogen and oxygen atoms in total. The molecule has 0 radical (unpaired) electrons. The van der Waals surface area contributed by atoms with Crippen molar-refractivity contribution in [3.05, 3.63) is 36.6 Å². The molecule has 2 saturated heterocycles. The van der Waals surface area contributed by atoms with E-state index in [9.17, 15) is 9.59 Å². The summed E-state index contributed by atoms with van der Waals surface area (Å²) in [6.07, 6.45) is 6.35. The average molecular weight is 492 g/mol. The molecule has 6 rings (SSSR count). The molecule has 0 saturated carbocycles. The molecule has 4 aromatic rings. The van der Waals surface area contributed by atoms with E-state index in [0.29, 0.717) is 62.4 Å². The van der Waals surface area contributed by atoms with Crippen LogP contribution in [0.1, 0.15) is 23.3 Å². The minimum absolute atomic E-state index is 0.00257. The second-order valence-corrected chi connectivity index (χ2v) is 8.90. The molecule has 2 fully saturated rings. The molecule has 0 unspecified atom stereocenters. The number of anilines is 2. The van der Waals surface area contributed by atoms with E-state index in [1.54, 1.807) is 39.0 Å². The van der Waals surface area contributed by atoms with Crippen LogP contribution < -0.4 is 10.6 Å². The maximum atomic E-state index is 13.5. The zero-order valence-corrected chi connectivity index (χ0v) is 19.7.